The Bertz CT molecular complexity index is 758. The molecule has 1 aliphatic heterocycles. The number of anilines is 1. The van der Waals surface area contributed by atoms with Gasteiger partial charge >= 0.3 is 5.97 Å². The first-order chi connectivity index (χ1) is 11.1. The van der Waals surface area contributed by atoms with Gasteiger partial charge in [-0.05, 0) is 36.1 Å². The fourth-order valence-electron chi connectivity index (χ4n) is 2.71. The van der Waals surface area contributed by atoms with Gasteiger partial charge in [0.1, 0.15) is 6.04 Å². The maximum absolute atomic E-state index is 12.4. The van der Waals surface area contributed by atoms with E-state index in [0.717, 1.165) is 11.8 Å². The van der Waals surface area contributed by atoms with Crippen LogP contribution < -0.4 is 9.62 Å². The lowest BCUT2D eigenvalue weighted by atomic mass is 10.0. The number of ether oxygens (including phenoxy) is 1. The van der Waals surface area contributed by atoms with E-state index in [1.54, 1.807) is 18.2 Å². The summed E-state index contributed by atoms with van der Waals surface area (Å²) < 4.78 is 29.5. The number of nitrogens with zero attached hydrogens (tertiary/aromatic N) is 1. The molecule has 0 saturated carbocycles. The van der Waals surface area contributed by atoms with Crippen molar-refractivity contribution >= 4 is 27.6 Å². The molecular weight excluding hydrogens is 332 g/mol. The lowest BCUT2D eigenvalue weighted by molar-refractivity contribution is -0.144. The zero-order chi connectivity index (χ0) is 18.1. The Labute approximate surface area is 142 Å². The number of esters is 1. The molecule has 24 heavy (non-hydrogen) atoms. The summed E-state index contributed by atoms with van der Waals surface area (Å²) >= 11 is 0. The number of benzene rings is 1. The fraction of sp³-hybridized carbons (Fsp3) is 0.500. The summed E-state index contributed by atoms with van der Waals surface area (Å²) in [4.78, 5) is 24.2. The van der Waals surface area contributed by atoms with Gasteiger partial charge in [-0.2, -0.15) is 0 Å². The molecule has 0 aliphatic carbocycles. The standard InChI is InChI=1S/C16H22N2O5S/c1-10(2)14(16(20)23-3)17-15(19)12-5-6-13-11(9-12)7-8-18(13)24(4,21)22/h5-6,9-10,14H,7-8H2,1-4H3,(H,17,19). The van der Waals surface area contributed by atoms with Crippen molar-refractivity contribution in [3.63, 3.8) is 0 Å². The van der Waals surface area contributed by atoms with Gasteiger partial charge in [-0.15, -0.1) is 0 Å². The molecule has 1 heterocycles. The number of hydrogen-bond donors (Lipinski definition) is 1. The van der Waals surface area contributed by atoms with Crippen molar-refractivity contribution in [1.29, 1.82) is 0 Å². The van der Waals surface area contributed by atoms with Crippen LogP contribution in [0.4, 0.5) is 5.69 Å². The molecule has 0 aromatic heterocycles. The second-order valence-corrected chi connectivity index (χ2v) is 8.05. The molecule has 1 aromatic carbocycles. The van der Waals surface area contributed by atoms with E-state index >= 15 is 0 Å². The first kappa shape index (κ1) is 18.3. The van der Waals surface area contributed by atoms with Crippen LogP contribution in [-0.4, -0.2) is 46.2 Å². The molecule has 132 valence electrons. The molecule has 1 aliphatic rings. The SMILES string of the molecule is COC(=O)C(NC(=O)c1ccc2c(c1)CCN2S(C)(=O)=O)C(C)C. The third-order valence-corrected chi connectivity index (χ3v) is 5.18. The second-order valence-electron chi connectivity index (χ2n) is 6.15. The summed E-state index contributed by atoms with van der Waals surface area (Å²) in [6.45, 7) is 4.00. The maximum Gasteiger partial charge on any atom is 0.328 e. The largest absolute Gasteiger partial charge is 0.467 e. The van der Waals surface area contributed by atoms with Gasteiger partial charge in [-0.1, -0.05) is 13.8 Å². The predicted molar refractivity (Wildman–Crippen MR) is 90.4 cm³/mol. The normalized spacial score (nSPS) is 15.1. The molecule has 1 amide bonds. The minimum absolute atomic E-state index is 0.114. The Morgan fingerprint density at radius 2 is 1.96 bits per heavy atom. The third kappa shape index (κ3) is 3.69. The molecule has 0 radical (unpaired) electrons. The minimum atomic E-state index is -3.32. The number of rotatable bonds is 5. The number of fused-ring (bicyclic) bond motifs is 1. The zero-order valence-electron chi connectivity index (χ0n) is 14.2. The van der Waals surface area contributed by atoms with Crippen molar-refractivity contribution in [1.82, 2.24) is 5.32 Å². The number of sulfonamides is 1. The molecular formula is C16H22N2O5S. The van der Waals surface area contributed by atoms with E-state index in [0.29, 0.717) is 24.2 Å². The molecule has 0 fully saturated rings. The van der Waals surface area contributed by atoms with Crippen LogP contribution in [0.3, 0.4) is 0 Å². The van der Waals surface area contributed by atoms with Crippen molar-refractivity contribution in [2.24, 2.45) is 5.92 Å². The number of hydrogen-bond acceptors (Lipinski definition) is 5. The molecule has 1 N–H and O–H groups in total. The molecule has 1 unspecified atom stereocenters. The van der Waals surface area contributed by atoms with Gasteiger partial charge in [0, 0.05) is 12.1 Å². The molecule has 0 bridgehead atoms. The van der Waals surface area contributed by atoms with Crippen LogP contribution >= 0.6 is 0 Å². The van der Waals surface area contributed by atoms with Crippen LogP contribution in [0.5, 0.6) is 0 Å². The van der Waals surface area contributed by atoms with Gasteiger partial charge in [0.25, 0.3) is 5.91 Å². The van der Waals surface area contributed by atoms with E-state index in [-0.39, 0.29) is 11.8 Å². The van der Waals surface area contributed by atoms with Crippen LogP contribution in [0.15, 0.2) is 18.2 Å². The Balaban J connectivity index is 2.22. The van der Waals surface area contributed by atoms with Gasteiger partial charge in [-0.3, -0.25) is 9.10 Å². The summed E-state index contributed by atoms with van der Waals surface area (Å²) in [7, 11) is -2.05. The third-order valence-electron chi connectivity index (χ3n) is 4.00. The number of amides is 1. The summed E-state index contributed by atoms with van der Waals surface area (Å²) in [5, 5.41) is 2.67. The molecule has 7 nitrogen and oxygen atoms in total. The van der Waals surface area contributed by atoms with Crippen molar-refractivity contribution in [2.75, 3.05) is 24.2 Å². The molecule has 1 aromatic rings. The quantitative estimate of drug-likeness (QED) is 0.794. The highest BCUT2D eigenvalue weighted by Crippen LogP contribution is 2.30. The maximum atomic E-state index is 12.4. The average Bonchev–Trinajstić information content (AvgIpc) is 2.94. The lowest BCUT2D eigenvalue weighted by Crippen LogP contribution is -2.45. The Kier molecular flexibility index (Phi) is 5.17. The first-order valence-electron chi connectivity index (χ1n) is 7.64. The van der Waals surface area contributed by atoms with Gasteiger partial charge in [0.15, 0.2) is 0 Å². The van der Waals surface area contributed by atoms with Gasteiger partial charge in [-0.25, -0.2) is 13.2 Å². The van der Waals surface area contributed by atoms with E-state index in [9.17, 15) is 18.0 Å². The Morgan fingerprint density at radius 1 is 1.29 bits per heavy atom. The molecule has 0 spiro atoms. The molecule has 2 rings (SSSR count). The van der Waals surface area contributed by atoms with Crippen LogP contribution in [0.2, 0.25) is 0 Å². The summed E-state index contributed by atoms with van der Waals surface area (Å²) in [5.74, 6) is -1.00. The van der Waals surface area contributed by atoms with Crippen molar-refractivity contribution in [3.8, 4) is 0 Å². The highest BCUT2D eigenvalue weighted by Gasteiger charge is 2.28. The zero-order valence-corrected chi connectivity index (χ0v) is 15.0. The smallest absolute Gasteiger partial charge is 0.328 e. The van der Waals surface area contributed by atoms with Crippen molar-refractivity contribution < 1.29 is 22.7 Å². The van der Waals surface area contributed by atoms with Crippen LogP contribution in [0.1, 0.15) is 29.8 Å². The Morgan fingerprint density at radius 3 is 2.50 bits per heavy atom. The summed E-state index contributed by atoms with van der Waals surface area (Å²) in [5.41, 5.74) is 1.79. The van der Waals surface area contributed by atoms with E-state index in [1.807, 2.05) is 13.8 Å². The topological polar surface area (TPSA) is 92.8 Å². The number of carbonyl (C=O) groups excluding carboxylic acids is 2. The number of methoxy groups -OCH3 is 1. The molecule has 1 atom stereocenters. The predicted octanol–water partition coefficient (Wildman–Crippen LogP) is 0.936. The second kappa shape index (κ2) is 6.80. The summed E-state index contributed by atoms with van der Waals surface area (Å²) in [6, 6.07) is 4.13. The van der Waals surface area contributed by atoms with Gasteiger partial charge < -0.3 is 10.1 Å². The first-order valence-corrected chi connectivity index (χ1v) is 9.49. The van der Waals surface area contributed by atoms with E-state index in [2.05, 4.69) is 5.32 Å². The minimum Gasteiger partial charge on any atom is -0.467 e. The van der Waals surface area contributed by atoms with E-state index in [1.165, 1.54) is 11.4 Å². The highest BCUT2D eigenvalue weighted by atomic mass is 32.2. The van der Waals surface area contributed by atoms with Crippen molar-refractivity contribution in [2.45, 2.75) is 26.3 Å². The Hall–Kier alpha value is -2.09. The lowest BCUT2D eigenvalue weighted by Gasteiger charge is -2.20. The molecule has 0 saturated heterocycles. The highest BCUT2D eigenvalue weighted by molar-refractivity contribution is 7.92. The number of nitrogens with one attached hydrogen (secondary N) is 1. The van der Waals surface area contributed by atoms with Crippen LogP contribution in [-0.2, 0) is 26.0 Å². The summed E-state index contributed by atoms with van der Waals surface area (Å²) in [6.07, 6.45) is 1.71. The van der Waals surface area contributed by atoms with Crippen molar-refractivity contribution in [3.05, 3.63) is 29.3 Å². The van der Waals surface area contributed by atoms with Gasteiger partial charge in [0.2, 0.25) is 10.0 Å². The van der Waals surface area contributed by atoms with E-state index in [4.69, 9.17) is 4.74 Å². The van der Waals surface area contributed by atoms with Crippen LogP contribution in [0, 0.1) is 5.92 Å². The van der Waals surface area contributed by atoms with Gasteiger partial charge in [0.05, 0.1) is 19.1 Å². The fourth-order valence-corrected chi connectivity index (χ4v) is 3.66. The average molecular weight is 354 g/mol. The van der Waals surface area contributed by atoms with E-state index < -0.39 is 22.0 Å². The van der Waals surface area contributed by atoms with Crippen LogP contribution in [0.25, 0.3) is 0 Å². The monoisotopic (exact) mass is 354 g/mol. The number of carbonyl (C=O) groups is 2. The molecule has 8 heteroatoms.